The topological polar surface area (TPSA) is 75.6 Å². The van der Waals surface area contributed by atoms with E-state index in [4.69, 9.17) is 4.74 Å². The SMILES string of the molecule is CCOc1ccc(-c2ccc(N3CCN(C(=O)CCC(=O)c4ccccc4)CC3)nn2)cc1. The Kier molecular flexibility index (Phi) is 7.29. The van der Waals surface area contributed by atoms with Crippen LogP contribution in [0, 0.1) is 0 Å². The highest BCUT2D eigenvalue weighted by Gasteiger charge is 2.22. The van der Waals surface area contributed by atoms with Gasteiger partial charge in [0.1, 0.15) is 5.75 Å². The molecule has 0 aliphatic carbocycles. The third-order valence-electron chi connectivity index (χ3n) is 5.73. The predicted molar refractivity (Wildman–Crippen MR) is 127 cm³/mol. The van der Waals surface area contributed by atoms with Crippen molar-refractivity contribution in [1.82, 2.24) is 15.1 Å². The van der Waals surface area contributed by atoms with Crippen molar-refractivity contribution in [3.63, 3.8) is 0 Å². The first kappa shape index (κ1) is 22.5. The third kappa shape index (κ3) is 5.74. The fourth-order valence-corrected chi connectivity index (χ4v) is 3.87. The van der Waals surface area contributed by atoms with E-state index in [0.717, 1.165) is 22.8 Å². The molecule has 7 nitrogen and oxygen atoms in total. The fraction of sp³-hybridized carbons (Fsp3) is 0.308. The molecule has 2 aromatic carbocycles. The summed E-state index contributed by atoms with van der Waals surface area (Å²) in [7, 11) is 0. The van der Waals surface area contributed by atoms with Crippen LogP contribution in [0.3, 0.4) is 0 Å². The van der Waals surface area contributed by atoms with Crippen LogP contribution in [0.4, 0.5) is 5.82 Å². The molecule has 1 amide bonds. The van der Waals surface area contributed by atoms with E-state index < -0.39 is 0 Å². The monoisotopic (exact) mass is 444 g/mol. The Bertz CT molecular complexity index is 1060. The number of carbonyl (C=O) groups is 2. The summed E-state index contributed by atoms with van der Waals surface area (Å²) in [6.45, 7) is 5.20. The largest absolute Gasteiger partial charge is 0.494 e. The average molecular weight is 445 g/mol. The lowest BCUT2D eigenvalue weighted by Gasteiger charge is -2.35. The van der Waals surface area contributed by atoms with Gasteiger partial charge in [-0.1, -0.05) is 30.3 Å². The summed E-state index contributed by atoms with van der Waals surface area (Å²) in [6, 6.07) is 20.9. The second kappa shape index (κ2) is 10.7. The second-order valence-corrected chi connectivity index (χ2v) is 7.89. The third-order valence-corrected chi connectivity index (χ3v) is 5.73. The molecule has 1 aliphatic heterocycles. The van der Waals surface area contributed by atoms with Crippen LogP contribution in [0.15, 0.2) is 66.7 Å². The molecular weight excluding hydrogens is 416 g/mol. The first-order valence-corrected chi connectivity index (χ1v) is 11.3. The molecule has 0 N–H and O–H groups in total. The summed E-state index contributed by atoms with van der Waals surface area (Å²) in [5.74, 6) is 1.67. The zero-order chi connectivity index (χ0) is 23.0. The smallest absolute Gasteiger partial charge is 0.223 e. The molecule has 33 heavy (non-hydrogen) atoms. The standard InChI is InChI=1S/C26H28N4O3/c1-2-33-22-10-8-20(9-11-22)23-12-14-25(28-27-23)29-16-18-30(19-17-29)26(32)15-13-24(31)21-6-4-3-5-7-21/h3-12,14H,2,13,15-19H2,1H3. The van der Waals surface area contributed by atoms with Crippen LogP contribution in [0.5, 0.6) is 5.75 Å². The highest BCUT2D eigenvalue weighted by molar-refractivity contribution is 5.97. The first-order chi connectivity index (χ1) is 16.1. The maximum atomic E-state index is 12.6. The van der Waals surface area contributed by atoms with E-state index in [0.29, 0.717) is 38.3 Å². The maximum absolute atomic E-state index is 12.6. The van der Waals surface area contributed by atoms with E-state index in [-0.39, 0.29) is 24.5 Å². The Hall–Kier alpha value is -3.74. The Morgan fingerprint density at radius 2 is 1.58 bits per heavy atom. The van der Waals surface area contributed by atoms with Gasteiger partial charge in [0.05, 0.1) is 12.3 Å². The van der Waals surface area contributed by atoms with Crippen LogP contribution in [0.2, 0.25) is 0 Å². The number of nitrogens with zero attached hydrogens (tertiary/aromatic N) is 4. The molecule has 0 atom stereocenters. The van der Waals surface area contributed by atoms with Crippen molar-refractivity contribution in [3.05, 3.63) is 72.3 Å². The summed E-state index contributed by atoms with van der Waals surface area (Å²) in [6.07, 6.45) is 0.478. The van der Waals surface area contributed by atoms with Crippen LogP contribution < -0.4 is 9.64 Å². The molecule has 7 heteroatoms. The number of hydrogen-bond donors (Lipinski definition) is 0. The van der Waals surface area contributed by atoms with Crippen LogP contribution >= 0.6 is 0 Å². The molecule has 0 saturated carbocycles. The Morgan fingerprint density at radius 1 is 0.848 bits per heavy atom. The minimum atomic E-state index is 0.00507. The van der Waals surface area contributed by atoms with Crippen LogP contribution in [-0.2, 0) is 4.79 Å². The number of ether oxygens (including phenoxy) is 1. The van der Waals surface area contributed by atoms with Gasteiger partial charge in [-0.05, 0) is 43.3 Å². The van der Waals surface area contributed by atoms with E-state index in [1.165, 1.54) is 0 Å². The first-order valence-electron chi connectivity index (χ1n) is 11.3. The lowest BCUT2D eigenvalue weighted by atomic mass is 10.1. The van der Waals surface area contributed by atoms with Gasteiger partial charge in [0, 0.05) is 50.1 Å². The van der Waals surface area contributed by atoms with Crippen molar-refractivity contribution >= 4 is 17.5 Å². The summed E-state index contributed by atoms with van der Waals surface area (Å²) in [5.41, 5.74) is 2.44. The summed E-state index contributed by atoms with van der Waals surface area (Å²) in [5, 5.41) is 8.78. The molecule has 1 fully saturated rings. The summed E-state index contributed by atoms with van der Waals surface area (Å²) >= 11 is 0. The predicted octanol–water partition coefficient (Wildman–Crippen LogP) is 3.85. The molecule has 0 bridgehead atoms. The minimum absolute atomic E-state index is 0.00507. The van der Waals surface area contributed by atoms with Gasteiger partial charge in [0.15, 0.2) is 11.6 Å². The van der Waals surface area contributed by atoms with Gasteiger partial charge in [-0.25, -0.2) is 0 Å². The number of aromatic nitrogens is 2. The summed E-state index contributed by atoms with van der Waals surface area (Å²) < 4.78 is 5.48. The zero-order valence-electron chi connectivity index (χ0n) is 18.8. The van der Waals surface area contributed by atoms with Crippen molar-refractivity contribution in [1.29, 1.82) is 0 Å². The van der Waals surface area contributed by atoms with Gasteiger partial charge in [0.25, 0.3) is 0 Å². The number of piperazine rings is 1. The molecule has 2 heterocycles. The zero-order valence-corrected chi connectivity index (χ0v) is 18.8. The van der Waals surface area contributed by atoms with Crippen molar-refractivity contribution in [2.24, 2.45) is 0 Å². The van der Waals surface area contributed by atoms with E-state index in [1.807, 2.05) is 66.4 Å². The molecular formula is C26H28N4O3. The summed E-state index contributed by atoms with van der Waals surface area (Å²) in [4.78, 5) is 28.8. The van der Waals surface area contributed by atoms with Crippen molar-refractivity contribution in [3.8, 4) is 17.0 Å². The lowest BCUT2D eigenvalue weighted by Crippen LogP contribution is -2.49. The number of benzene rings is 2. The average Bonchev–Trinajstić information content (AvgIpc) is 2.88. The van der Waals surface area contributed by atoms with Gasteiger partial charge in [0.2, 0.25) is 5.91 Å². The second-order valence-electron chi connectivity index (χ2n) is 7.89. The van der Waals surface area contributed by atoms with E-state index in [2.05, 4.69) is 15.1 Å². The van der Waals surface area contributed by atoms with Crippen molar-refractivity contribution < 1.29 is 14.3 Å². The van der Waals surface area contributed by atoms with Crippen molar-refractivity contribution in [2.75, 3.05) is 37.7 Å². The van der Waals surface area contributed by atoms with E-state index >= 15 is 0 Å². The number of carbonyl (C=O) groups excluding carboxylic acids is 2. The Morgan fingerprint density at radius 3 is 2.21 bits per heavy atom. The van der Waals surface area contributed by atoms with Gasteiger partial charge in [-0.2, -0.15) is 0 Å². The molecule has 0 spiro atoms. The molecule has 4 rings (SSSR count). The quantitative estimate of drug-likeness (QED) is 0.491. The maximum Gasteiger partial charge on any atom is 0.223 e. The number of hydrogen-bond acceptors (Lipinski definition) is 6. The number of rotatable bonds is 8. The number of amides is 1. The molecule has 1 aliphatic rings. The molecule has 0 unspecified atom stereocenters. The molecule has 1 aromatic heterocycles. The Balaban J connectivity index is 1.27. The molecule has 170 valence electrons. The normalized spacial score (nSPS) is 13.6. The van der Waals surface area contributed by atoms with E-state index in [1.54, 1.807) is 12.1 Å². The van der Waals surface area contributed by atoms with Gasteiger partial charge in [-0.3, -0.25) is 9.59 Å². The number of ketones is 1. The Labute approximate surface area is 194 Å². The van der Waals surface area contributed by atoms with Gasteiger partial charge in [-0.15, -0.1) is 10.2 Å². The number of Topliss-reactive ketones (excluding diaryl/α,β-unsaturated/α-hetero) is 1. The van der Waals surface area contributed by atoms with Crippen LogP contribution in [0.25, 0.3) is 11.3 Å². The highest BCUT2D eigenvalue weighted by Crippen LogP contribution is 2.22. The van der Waals surface area contributed by atoms with Crippen LogP contribution in [-0.4, -0.2) is 59.6 Å². The highest BCUT2D eigenvalue weighted by atomic mass is 16.5. The lowest BCUT2D eigenvalue weighted by molar-refractivity contribution is -0.131. The van der Waals surface area contributed by atoms with Gasteiger partial charge < -0.3 is 14.5 Å². The minimum Gasteiger partial charge on any atom is -0.494 e. The fourth-order valence-electron chi connectivity index (χ4n) is 3.87. The number of anilines is 1. The van der Waals surface area contributed by atoms with Crippen molar-refractivity contribution in [2.45, 2.75) is 19.8 Å². The van der Waals surface area contributed by atoms with Gasteiger partial charge >= 0.3 is 0 Å². The van der Waals surface area contributed by atoms with Crippen LogP contribution in [0.1, 0.15) is 30.1 Å². The molecule has 1 saturated heterocycles. The van der Waals surface area contributed by atoms with E-state index in [9.17, 15) is 9.59 Å². The molecule has 0 radical (unpaired) electrons. The molecule has 3 aromatic rings.